The Hall–Kier alpha value is -1.92. The van der Waals surface area contributed by atoms with Gasteiger partial charge in [-0.05, 0) is 18.2 Å². The number of rotatable bonds is 4. The van der Waals surface area contributed by atoms with E-state index in [2.05, 4.69) is 5.32 Å². The molecule has 0 saturated heterocycles. The molecular weight excluding hydrogens is 259 g/mol. The van der Waals surface area contributed by atoms with Crippen molar-refractivity contribution < 1.29 is 18.0 Å². The zero-order chi connectivity index (χ0) is 14.6. The van der Waals surface area contributed by atoms with Crippen LogP contribution in [0.1, 0.15) is 16.8 Å². The second-order valence-electron chi connectivity index (χ2n) is 4.29. The first-order valence-electron chi connectivity index (χ1n) is 5.62. The van der Waals surface area contributed by atoms with E-state index in [0.717, 1.165) is 0 Å². The fourth-order valence-corrected chi connectivity index (χ4v) is 1.54. The Kier molecular flexibility index (Phi) is 4.63. The van der Waals surface area contributed by atoms with Gasteiger partial charge < -0.3 is 16.0 Å². The van der Waals surface area contributed by atoms with E-state index in [9.17, 15) is 18.0 Å². The van der Waals surface area contributed by atoms with Crippen LogP contribution in [0.2, 0.25) is 0 Å². The Morgan fingerprint density at radius 3 is 2.53 bits per heavy atom. The largest absolute Gasteiger partial charge is 0.399 e. The lowest BCUT2D eigenvalue weighted by Gasteiger charge is -2.17. The molecule has 4 nitrogen and oxygen atoms in total. The highest BCUT2D eigenvalue weighted by atomic mass is 19.4. The third-order valence-electron chi connectivity index (χ3n) is 2.44. The number of alkyl halides is 3. The SMILES string of the molecule is CN(C)c1ccc(N)cc1C(=O)NCCC(F)(F)F. The molecule has 1 rings (SSSR count). The highest BCUT2D eigenvalue weighted by molar-refractivity contribution is 6.00. The van der Waals surface area contributed by atoms with Crippen LogP contribution in [-0.4, -0.2) is 32.7 Å². The van der Waals surface area contributed by atoms with Crippen LogP contribution in [0.5, 0.6) is 0 Å². The number of nitrogens with two attached hydrogens (primary N) is 1. The first-order chi connectivity index (χ1) is 8.70. The lowest BCUT2D eigenvalue weighted by Crippen LogP contribution is -2.29. The first-order valence-corrected chi connectivity index (χ1v) is 5.62. The van der Waals surface area contributed by atoms with Gasteiger partial charge >= 0.3 is 6.18 Å². The Bertz CT molecular complexity index is 458. The number of benzene rings is 1. The number of hydrogen-bond acceptors (Lipinski definition) is 3. The second-order valence-corrected chi connectivity index (χ2v) is 4.29. The molecule has 0 radical (unpaired) electrons. The number of amides is 1. The molecular formula is C12H16F3N3O. The molecule has 0 spiro atoms. The summed E-state index contributed by atoms with van der Waals surface area (Å²) in [4.78, 5) is 13.5. The molecule has 0 unspecified atom stereocenters. The van der Waals surface area contributed by atoms with Crippen LogP contribution >= 0.6 is 0 Å². The minimum absolute atomic E-state index is 0.257. The molecule has 0 heterocycles. The smallest absolute Gasteiger partial charge is 0.390 e. The summed E-state index contributed by atoms with van der Waals surface area (Å²) in [5.41, 5.74) is 6.82. The van der Waals surface area contributed by atoms with Crippen LogP contribution in [0.15, 0.2) is 18.2 Å². The highest BCUT2D eigenvalue weighted by Crippen LogP contribution is 2.22. The van der Waals surface area contributed by atoms with Crippen LogP contribution in [0.25, 0.3) is 0 Å². The normalized spacial score (nSPS) is 11.2. The van der Waals surface area contributed by atoms with Gasteiger partial charge in [-0.15, -0.1) is 0 Å². The molecule has 0 aliphatic rings. The Labute approximate surface area is 109 Å². The zero-order valence-electron chi connectivity index (χ0n) is 10.7. The van der Waals surface area contributed by atoms with Crippen molar-refractivity contribution in [1.82, 2.24) is 5.32 Å². The van der Waals surface area contributed by atoms with E-state index in [1.165, 1.54) is 6.07 Å². The van der Waals surface area contributed by atoms with Crippen molar-refractivity contribution in [1.29, 1.82) is 0 Å². The van der Waals surface area contributed by atoms with Gasteiger partial charge in [0.1, 0.15) is 0 Å². The quantitative estimate of drug-likeness (QED) is 0.826. The Morgan fingerprint density at radius 2 is 2.00 bits per heavy atom. The minimum atomic E-state index is -4.28. The third-order valence-corrected chi connectivity index (χ3v) is 2.44. The molecule has 0 fully saturated rings. The van der Waals surface area contributed by atoms with Crippen LogP contribution in [0.4, 0.5) is 24.5 Å². The number of hydrogen-bond donors (Lipinski definition) is 2. The number of nitrogen functional groups attached to an aromatic ring is 1. The number of halogens is 3. The third kappa shape index (κ3) is 4.69. The van der Waals surface area contributed by atoms with E-state index in [1.807, 2.05) is 0 Å². The van der Waals surface area contributed by atoms with Crippen LogP contribution in [0, 0.1) is 0 Å². The number of carbonyl (C=O) groups is 1. The molecule has 19 heavy (non-hydrogen) atoms. The summed E-state index contributed by atoms with van der Waals surface area (Å²) in [5.74, 6) is -0.569. The Morgan fingerprint density at radius 1 is 1.37 bits per heavy atom. The molecule has 0 atom stereocenters. The van der Waals surface area contributed by atoms with Gasteiger partial charge in [-0.1, -0.05) is 0 Å². The van der Waals surface area contributed by atoms with Gasteiger partial charge in [-0.2, -0.15) is 13.2 Å². The molecule has 0 aliphatic carbocycles. The van der Waals surface area contributed by atoms with Gasteiger partial charge in [0.25, 0.3) is 5.91 Å². The number of carbonyl (C=O) groups excluding carboxylic acids is 1. The van der Waals surface area contributed by atoms with Gasteiger partial charge in [0.2, 0.25) is 0 Å². The van der Waals surface area contributed by atoms with Crippen molar-refractivity contribution in [2.24, 2.45) is 0 Å². The van der Waals surface area contributed by atoms with Crippen molar-refractivity contribution in [3.8, 4) is 0 Å². The van der Waals surface area contributed by atoms with Crippen molar-refractivity contribution >= 4 is 17.3 Å². The number of anilines is 2. The van der Waals surface area contributed by atoms with Gasteiger partial charge in [-0.25, -0.2) is 0 Å². The molecule has 1 aromatic rings. The monoisotopic (exact) mass is 275 g/mol. The first kappa shape index (κ1) is 15.1. The summed E-state index contributed by atoms with van der Waals surface area (Å²) in [6.45, 7) is -0.454. The summed E-state index contributed by atoms with van der Waals surface area (Å²) in [5, 5.41) is 2.24. The summed E-state index contributed by atoms with van der Waals surface area (Å²) in [7, 11) is 3.47. The molecule has 0 bridgehead atoms. The van der Waals surface area contributed by atoms with Gasteiger partial charge in [0.15, 0.2) is 0 Å². The second kappa shape index (κ2) is 5.81. The van der Waals surface area contributed by atoms with Gasteiger partial charge in [0, 0.05) is 32.0 Å². The topological polar surface area (TPSA) is 58.4 Å². The van der Waals surface area contributed by atoms with E-state index in [1.54, 1.807) is 31.1 Å². The average molecular weight is 275 g/mol. The van der Waals surface area contributed by atoms with E-state index in [0.29, 0.717) is 11.4 Å². The van der Waals surface area contributed by atoms with Gasteiger partial charge in [0.05, 0.1) is 12.0 Å². The molecule has 3 N–H and O–H groups in total. The maximum Gasteiger partial charge on any atom is 0.390 e. The fourth-order valence-electron chi connectivity index (χ4n) is 1.54. The minimum Gasteiger partial charge on any atom is -0.399 e. The highest BCUT2D eigenvalue weighted by Gasteiger charge is 2.26. The lowest BCUT2D eigenvalue weighted by molar-refractivity contribution is -0.132. The molecule has 1 aromatic carbocycles. The maximum absolute atomic E-state index is 12.0. The molecule has 0 saturated carbocycles. The van der Waals surface area contributed by atoms with E-state index in [-0.39, 0.29) is 5.56 Å². The van der Waals surface area contributed by atoms with Crippen LogP contribution in [0.3, 0.4) is 0 Å². The molecule has 1 amide bonds. The number of nitrogens with one attached hydrogen (secondary N) is 1. The zero-order valence-corrected chi connectivity index (χ0v) is 10.7. The van der Waals surface area contributed by atoms with Gasteiger partial charge in [-0.3, -0.25) is 4.79 Å². The van der Waals surface area contributed by atoms with Crippen LogP contribution in [-0.2, 0) is 0 Å². The predicted octanol–water partition coefficient (Wildman–Crippen LogP) is 2.02. The van der Waals surface area contributed by atoms with Crippen molar-refractivity contribution in [2.75, 3.05) is 31.3 Å². The standard InChI is InChI=1S/C12H16F3N3O/c1-18(2)10-4-3-8(16)7-9(10)11(19)17-6-5-12(13,14)15/h3-4,7H,5-6,16H2,1-2H3,(H,17,19). The van der Waals surface area contributed by atoms with Crippen molar-refractivity contribution in [2.45, 2.75) is 12.6 Å². The van der Waals surface area contributed by atoms with Crippen molar-refractivity contribution in [3.05, 3.63) is 23.8 Å². The molecule has 7 heteroatoms. The summed E-state index contributed by atoms with van der Waals surface area (Å²) in [6.07, 6.45) is -5.34. The summed E-state index contributed by atoms with van der Waals surface area (Å²) >= 11 is 0. The Balaban J connectivity index is 2.79. The summed E-state index contributed by atoms with van der Waals surface area (Å²) < 4.78 is 36.0. The molecule has 0 aromatic heterocycles. The predicted molar refractivity (Wildman–Crippen MR) is 68.2 cm³/mol. The maximum atomic E-state index is 12.0. The van der Waals surface area contributed by atoms with Crippen LogP contribution < -0.4 is 16.0 Å². The van der Waals surface area contributed by atoms with E-state index < -0.39 is 25.0 Å². The average Bonchev–Trinajstić information content (AvgIpc) is 2.26. The fraction of sp³-hybridized carbons (Fsp3) is 0.417. The van der Waals surface area contributed by atoms with E-state index >= 15 is 0 Å². The number of nitrogens with zero attached hydrogens (tertiary/aromatic N) is 1. The lowest BCUT2D eigenvalue weighted by atomic mass is 10.1. The molecule has 0 aliphatic heterocycles. The van der Waals surface area contributed by atoms with Crippen molar-refractivity contribution in [3.63, 3.8) is 0 Å². The van der Waals surface area contributed by atoms with E-state index in [4.69, 9.17) is 5.73 Å². The summed E-state index contributed by atoms with van der Waals surface area (Å²) in [6, 6.07) is 4.72. The molecule has 106 valence electrons.